The van der Waals surface area contributed by atoms with Crippen molar-refractivity contribution in [3.8, 4) is 0 Å². The average Bonchev–Trinajstić information content (AvgIpc) is 2.58. The number of hydrogen-bond donors (Lipinski definition) is 0. The van der Waals surface area contributed by atoms with Crippen LogP contribution in [0, 0.1) is 0 Å². The van der Waals surface area contributed by atoms with Crippen LogP contribution in [0.25, 0.3) is 0 Å². The summed E-state index contributed by atoms with van der Waals surface area (Å²) < 4.78 is 4.85. The maximum absolute atomic E-state index is 4.85. The molecule has 0 aliphatic carbocycles. The van der Waals surface area contributed by atoms with Crippen LogP contribution >= 0.6 is 15.9 Å². The van der Waals surface area contributed by atoms with Crippen LogP contribution < -0.4 is 0 Å². The van der Waals surface area contributed by atoms with Crippen molar-refractivity contribution in [2.75, 3.05) is 20.1 Å². The summed E-state index contributed by atoms with van der Waals surface area (Å²) in [6, 6.07) is 0. The van der Waals surface area contributed by atoms with Gasteiger partial charge >= 0.3 is 0 Å². The topological polar surface area (TPSA) is 42.2 Å². The van der Waals surface area contributed by atoms with E-state index < -0.39 is 0 Å². The lowest BCUT2D eigenvalue weighted by Gasteiger charge is -2.05. The first-order chi connectivity index (χ1) is 5.75. The fourth-order valence-electron chi connectivity index (χ4n) is 1.53. The largest absolute Gasteiger partial charge is 0.327 e. The summed E-state index contributed by atoms with van der Waals surface area (Å²) in [7, 11) is 2.11. The molecular weight excluding hydrogens is 222 g/mol. The minimum Gasteiger partial charge on any atom is -0.327 e. The van der Waals surface area contributed by atoms with E-state index in [1.54, 1.807) is 0 Å². The summed E-state index contributed by atoms with van der Waals surface area (Å²) in [6.07, 6.45) is 1.13. The zero-order valence-electron chi connectivity index (χ0n) is 6.83. The lowest BCUT2D eigenvalue weighted by Crippen LogP contribution is -2.13. The van der Waals surface area contributed by atoms with Crippen molar-refractivity contribution in [2.24, 2.45) is 0 Å². The standard InChI is InChI=1S/C7H10BrN3O/c1-11-3-2-5(4-11)6-9-7(8)12-10-6/h5H,2-4H2,1H3. The van der Waals surface area contributed by atoms with Crippen LogP contribution in [0.1, 0.15) is 18.2 Å². The SMILES string of the molecule is CN1CCC(c2noc(Br)n2)C1. The van der Waals surface area contributed by atoms with Crippen LogP contribution in [0.5, 0.6) is 0 Å². The van der Waals surface area contributed by atoms with Crippen molar-refractivity contribution in [2.45, 2.75) is 12.3 Å². The first-order valence-electron chi connectivity index (χ1n) is 3.93. The molecule has 1 atom stereocenters. The number of likely N-dealkylation sites (tertiary alicyclic amines) is 1. The van der Waals surface area contributed by atoms with Crippen molar-refractivity contribution in [1.82, 2.24) is 15.0 Å². The Morgan fingerprint density at radius 1 is 1.67 bits per heavy atom. The lowest BCUT2D eigenvalue weighted by atomic mass is 10.1. The molecular formula is C7H10BrN3O. The molecule has 1 fully saturated rings. The monoisotopic (exact) mass is 231 g/mol. The molecule has 0 spiro atoms. The first kappa shape index (κ1) is 8.19. The van der Waals surface area contributed by atoms with E-state index in [1.165, 1.54) is 0 Å². The van der Waals surface area contributed by atoms with Gasteiger partial charge in [0, 0.05) is 28.4 Å². The summed E-state index contributed by atoms with van der Waals surface area (Å²) in [5, 5.41) is 3.87. The van der Waals surface area contributed by atoms with Crippen molar-refractivity contribution < 1.29 is 4.52 Å². The molecule has 0 N–H and O–H groups in total. The van der Waals surface area contributed by atoms with Gasteiger partial charge in [-0.25, -0.2) is 0 Å². The number of hydrogen-bond acceptors (Lipinski definition) is 4. The molecule has 1 unspecified atom stereocenters. The van der Waals surface area contributed by atoms with Gasteiger partial charge in [0.05, 0.1) is 0 Å². The lowest BCUT2D eigenvalue weighted by molar-refractivity contribution is 0.380. The van der Waals surface area contributed by atoms with Crippen molar-refractivity contribution in [3.63, 3.8) is 0 Å². The van der Waals surface area contributed by atoms with E-state index in [0.717, 1.165) is 25.3 Å². The maximum Gasteiger partial charge on any atom is 0.293 e. The Hall–Kier alpha value is -0.420. The molecule has 1 aliphatic heterocycles. The second-order valence-corrected chi connectivity index (χ2v) is 3.83. The van der Waals surface area contributed by atoms with Crippen LogP contribution in [0.4, 0.5) is 0 Å². The molecule has 0 bridgehead atoms. The Labute approximate surface area is 79.1 Å². The molecule has 12 heavy (non-hydrogen) atoms. The zero-order chi connectivity index (χ0) is 8.55. The Morgan fingerprint density at radius 3 is 3.00 bits per heavy atom. The molecule has 1 aromatic rings. The molecule has 0 aromatic carbocycles. The number of halogens is 1. The summed E-state index contributed by atoms with van der Waals surface area (Å²) >= 11 is 3.14. The number of nitrogens with zero attached hydrogens (tertiary/aromatic N) is 3. The fourth-order valence-corrected chi connectivity index (χ4v) is 1.78. The van der Waals surface area contributed by atoms with Crippen molar-refractivity contribution in [3.05, 3.63) is 10.6 Å². The predicted molar refractivity (Wildman–Crippen MR) is 46.9 cm³/mol. The molecule has 0 saturated carbocycles. The number of likely N-dealkylation sites (N-methyl/N-ethyl adjacent to an activating group) is 1. The van der Waals surface area contributed by atoms with Crippen LogP contribution in [0.3, 0.4) is 0 Å². The molecule has 66 valence electrons. The van der Waals surface area contributed by atoms with Gasteiger partial charge in [0.1, 0.15) is 0 Å². The Morgan fingerprint density at radius 2 is 2.50 bits per heavy atom. The summed E-state index contributed by atoms with van der Waals surface area (Å²) in [5.74, 6) is 1.27. The summed E-state index contributed by atoms with van der Waals surface area (Å²) in [4.78, 5) is 6.89. The minimum absolute atomic E-state index is 0.449. The highest BCUT2D eigenvalue weighted by Gasteiger charge is 2.24. The fraction of sp³-hybridized carbons (Fsp3) is 0.714. The quantitative estimate of drug-likeness (QED) is 0.730. The van der Waals surface area contributed by atoms with Gasteiger partial charge in [0.2, 0.25) is 0 Å². The van der Waals surface area contributed by atoms with E-state index in [0.29, 0.717) is 10.7 Å². The molecule has 4 nitrogen and oxygen atoms in total. The normalized spacial score (nSPS) is 25.0. The van der Waals surface area contributed by atoms with Crippen LogP contribution in [-0.2, 0) is 0 Å². The molecule has 0 amide bonds. The van der Waals surface area contributed by atoms with Crippen LogP contribution in [0.2, 0.25) is 0 Å². The van der Waals surface area contributed by atoms with Gasteiger partial charge in [-0.05, 0) is 20.0 Å². The van der Waals surface area contributed by atoms with E-state index in [-0.39, 0.29) is 0 Å². The molecule has 0 radical (unpaired) electrons. The summed E-state index contributed by atoms with van der Waals surface area (Å²) in [5.41, 5.74) is 0. The molecule has 1 aromatic heterocycles. The van der Waals surface area contributed by atoms with E-state index in [1.807, 2.05) is 0 Å². The van der Waals surface area contributed by atoms with E-state index >= 15 is 0 Å². The van der Waals surface area contributed by atoms with Gasteiger partial charge in [-0.3, -0.25) is 0 Å². The molecule has 1 aliphatic rings. The highest BCUT2D eigenvalue weighted by Crippen LogP contribution is 2.24. The second kappa shape index (κ2) is 3.14. The van der Waals surface area contributed by atoms with E-state index in [9.17, 15) is 0 Å². The average molecular weight is 232 g/mol. The smallest absolute Gasteiger partial charge is 0.293 e. The highest BCUT2D eigenvalue weighted by atomic mass is 79.9. The van der Waals surface area contributed by atoms with E-state index in [4.69, 9.17) is 4.52 Å². The van der Waals surface area contributed by atoms with Crippen LogP contribution in [0.15, 0.2) is 9.32 Å². The molecule has 5 heteroatoms. The maximum atomic E-state index is 4.85. The Balaban J connectivity index is 2.11. The second-order valence-electron chi connectivity index (χ2n) is 3.15. The van der Waals surface area contributed by atoms with Gasteiger partial charge in [0.25, 0.3) is 4.80 Å². The third-order valence-electron chi connectivity index (χ3n) is 2.17. The van der Waals surface area contributed by atoms with Crippen molar-refractivity contribution >= 4 is 15.9 Å². The molecule has 2 rings (SSSR count). The Bertz CT molecular complexity index is 275. The molecule has 2 heterocycles. The van der Waals surface area contributed by atoms with Gasteiger partial charge in [0.15, 0.2) is 5.82 Å². The minimum atomic E-state index is 0.449. The third kappa shape index (κ3) is 1.51. The summed E-state index contributed by atoms with van der Waals surface area (Å²) in [6.45, 7) is 2.16. The predicted octanol–water partition coefficient (Wildman–Crippen LogP) is 1.25. The van der Waals surface area contributed by atoms with Crippen LogP contribution in [-0.4, -0.2) is 35.2 Å². The van der Waals surface area contributed by atoms with Crippen molar-refractivity contribution in [1.29, 1.82) is 0 Å². The van der Waals surface area contributed by atoms with Gasteiger partial charge in [-0.1, -0.05) is 5.16 Å². The van der Waals surface area contributed by atoms with Gasteiger partial charge < -0.3 is 9.42 Å². The third-order valence-corrected chi connectivity index (χ3v) is 2.50. The first-order valence-corrected chi connectivity index (χ1v) is 4.72. The highest BCUT2D eigenvalue weighted by molar-refractivity contribution is 9.10. The zero-order valence-corrected chi connectivity index (χ0v) is 8.41. The van der Waals surface area contributed by atoms with Gasteiger partial charge in [-0.15, -0.1) is 0 Å². The van der Waals surface area contributed by atoms with Gasteiger partial charge in [-0.2, -0.15) is 4.98 Å². The number of aromatic nitrogens is 2. The Kier molecular flexibility index (Phi) is 2.14. The molecule has 1 saturated heterocycles. The number of rotatable bonds is 1. The van der Waals surface area contributed by atoms with E-state index in [2.05, 4.69) is 38.0 Å².